The summed E-state index contributed by atoms with van der Waals surface area (Å²) in [5.41, 5.74) is 2.27. The summed E-state index contributed by atoms with van der Waals surface area (Å²) in [5.74, 6) is 1.76. The molecule has 0 fully saturated rings. The third kappa shape index (κ3) is 3.12. The van der Waals surface area contributed by atoms with Crippen molar-refractivity contribution in [2.75, 3.05) is 0 Å². The molecule has 1 aliphatic carbocycles. The monoisotopic (exact) mass is 378 g/mol. The van der Waals surface area contributed by atoms with Gasteiger partial charge in [-0.2, -0.15) is 0 Å². The zero-order valence-corrected chi connectivity index (χ0v) is 16.1. The van der Waals surface area contributed by atoms with Crippen LogP contribution >= 0.6 is 11.3 Å². The Labute approximate surface area is 162 Å². The molecule has 3 aromatic rings. The molecule has 5 heteroatoms. The molecule has 0 bridgehead atoms. The van der Waals surface area contributed by atoms with E-state index in [0.717, 1.165) is 46.0 Å². The van der Waals surface area contributed by atoms with Crippen LogP contribution < -0.4 is 4.74 Å². The number of Topliss-reactive ketones (excluding diaryl/α,β-unsaturated/α-hetero) is 1. The van der Waals surface area contributed by atoms with Gasteiger partial charge in [0.2, 0.25) is 0 Å². The molecule has 1 atom stereocenters. The molecule has 0 radical (unpaired) electrons. The maximum Gasteiger partial charge on any atom is 0.197 e. The molecule has 1 unspecified atom stereocenters. The van der Waals surface area contributed by atoms with Crippen molar-refractivity contribution in [2.45, 2.75) is 38.2 Å². The topological polar surface area (TPSA) is 55.0 Å². The molecule has 2 heterocycles. The van der Waals surface area contributed by atoms with Crippen molar-refractivity contribution in [3.63, 3.8) is 0 Å². The number of allylic oxidation sites excluding steroid dienone is 1. The molecule has 4 nitrogen and oxygen atoms in total. The van der Waals surface area contributed by atoms with Gasteiger partial charge in [0, 0.05) is 29.9 Å². The fraction of sp³-hybridized carbons (Fsp3) is 0.273. The summed E-state index contributed by atoms with van der Waals surface area (Å²) in [6.07, 6.45) is 8.50. The molecule has 0 saturated carbocycles. The first-order valence-corrected chi connectivity index (χ1v) is 10.0. The third-order valence-corrected chi connectivity index (χ3v) is 6.20. The highest BCUT2D eigenvalue weighted by molar-refractivity contribution is 7.10. The van der Waals surface area contributed by atoms with Gasteiger partial charge in [0.15, 0.2) is 17.2 Å². The van der Waals surface area contributed by atoms with E-state index in [0.29, 0.717) is 12.8 Å². The van der Waals surface area contributed by atoms with E-state index >= 15 is 0 Å². The number of aromatic amines is 1. The van der Waals surface area contributed by atoms with Gasteiger partial charge in [0.1, 0.15) is 5.75 Å². The Morgan fingerprint density at radius 2 is 2.26 bits per heavy atom. The average Bonchev–Trinajstić information content (AvgIpc) is 3.38. The minimum absolute atomic E-state index is 0.222. The van der Waals surface area contributed by atoms with Crippen LogP contribution in [0.1, 0.15) is 52.0 Å². The smallest absolute Gasteiger partial charge is 0.197 e. The number of benzene rings is 1. The summed E-state index contributed by atoms with van der Waals surface area (Å²) in [7, 11) is 0. The number of carbonyl (C=O) groups is 1. The largest absolute Gasteiger partial charge is 0.474 e. The number of ether oxygens (including phenoxy) is 1. The summed E-state index contributed by atoms with van der Waals surface area (Å²) < 4.78 is 6.63. The van der Waals surface area contributed by atoms with Crippen molar-refractivity contribution < 1.29 is 9.53 Å². The summed E-state index contributed by atoms with van der Waals surface area (Å²) in [6.45, 7) is 5.93. The van der Waals surface area contributed by atoms with E-state index in [1.165, 1.54) is 0 Å². The van der Waals surface area contributed by atoms with Gasteiger partial charge in [-0.05, 0) is 55.3 Å². The van der Waals surface area contributed by atoms with Crippen LogP contribution in [0, 0.1) is 0 Å². The van der Waals surface area contributed by atoms with Crippen LogP contribution in [-0.4, -0.2) is 15.8 Å². The second-order valence-corrected chi connectivity index (χ2v) is 7.84. The minimum Gasteiger partial charge on any atom is -0.474 e. The quantitative estimate of drug-likeness (QED) is 0.610. The van der Waals surface area contributed by atoms with Crippen LogP contribution in [-0.2, 0) is 18.4 Å². The first-order valence-electron chi connectivity index (χ1n) is 9.15. The molecular formula is C22H22N2O2S. The number of H-pyrrole nitrogens is 1. The summed E-state index contributed by atoms with van der Waals surface area (Å²) >= 11 is 1.64. The molecule has 0 saturated heterocycles. The van der Waals surface area contributed by atoms with Crippen LogP contribution in [0.4, 0.5) is 0 Å². The Morgan fingerprint density at radius 3 is 2.96 bits per heavy atom. The number of fused-ring (bicyclic) bond motifs is 1. The minimum atomic E-state index is -0.736. The summed E-state index contributed by atoms with van der Waals surface area (Å²) in [4.78, 5) is 21.1. The third-order valence-electron chi connectivity index (χ3n) is 5.12. The van der Waals surface area contributed by atoms with Gasteiger partial charge in [-0.1, -0.05) is 12.1 Å². The van der Waals surface area contributed by atoms with Crippen molar-refractivity contribution in [1.82, 2.24) is 9.97 Å². The summed E-state index contributed by atoms with van der Waals surface area (Å²) in [5, 5.41) is 2.04. The number of nitrogens with one attached hydrogen (secondary N) is 1. The number of nitrogens with zero attached hydrogens (tertiary/aromatic N) is 1. The number of imidazole rings is 1. The fourth-order valence-electron chi connectivity index (χ4n) is 3.75. The van der Waals surface area contributed by atoms with E-state index in [2.05, 4.69) is 22.6 Å². The molecule has 1 aromatic carbocycles. The molecule has 0 amide bonds. The van der Waals surface area contributed by atoms with E-state index in [1.54, 1.807) is 23.7 Å². The first-order chi connectivity index (χ1) is 13.1. The lowest BCUT2D eigenvalue weighted by molar-refractivity contribution is 0.0971. The standard InChI is InChI=1S/C22H22N2O2S/c1-3-6-17-15-7-4-8-18(25)16(15)10-11-19(17)26-22(2,20-9-5-14-27-20)21-23-12-13-24-21/h3,5,9-14H,1,4,6-8H2,2H3,(H,23,24). The number of ketones is 1. The highest BCUT2D eigenvalue weighted by atomic mass is 32.1. The normalized spacial score (nSPS) is 15.8. The Hall–Kier alpha value is -2.66. The van der Waals surface area contributed by atoms with Crippen molar-refractivity contribution in [1.29, 1.82) is 0 Å². The van der Waals surface area contributed by atoms with Gasteiger partial charge in [0.05, 0.1) is 4.88 Å². The SMILES string of the molecule is C=CCc1c(OC(C)(c2ncc[nH]2)c2cccs2)ccc2c1CCCC2=O. The number of carbonyl (C=O) groups excluding carboxylic acids is 1. The molecule has 138 valence electrons. The number of hydrogen-bond donors (Lipinski definition) is 1. The van der Waals surface area contributed by atoms with Gasteiger partial charge in [-0.15, -0.1) is 17.9 Å². The number of hydrogen-bond acceptors (Lipinski definition) is 4. The van der Waals surface area contributed by atoms with Gasteiger partial charge in [-0.3, -0.25) is 4.79 Å². The highest BCUT2D eigenvalue weighted by Gasteiger charge is 2.36. The predicted octanol–water partition coefficient (Wildman–Crippen LogP) is 5.06. The van der Waals surface area contributed by atoms with Gasteiger partial charge >= 0.3 is 0 Å². The van der Waals surface area contributed by atoms with Crippen molar-refractivity contribution >= 4 is 17.1 Å². The van der Waals surface area contributed by atoms with Crippen LogP contribution in [0.25, 0.3) is 0 Å². The molecule has 0 spiro atoms. The molecule has 1 N–H and O–H groups in total. The van der Waals surface area contributed by atoms with Crippen LogP contribution in [0.5, 0.6) is 5.75 Å². The summed E-state index contributed by atoms with van der Waals surface area (Å²) in [6, 6.07) is 7.91. The van der Waals surface area contributed by atoms with Gasteiger partial charge in [0.25, 0.3) is 0 Å². The Bertz CT molecular complexity index is 924. The van der Waals surface area contributed by atoms with Crippen LogP contribution in [0.15, 0.2) is 54.7 Å². The molecule has 4 rings (SSSR count). The van der Waals surface area contributed by atoms with Crippen molar-refractivity contribution in [3.05, 3.63) is 82.1 Å². The molecule has 0 aliphatic heterocycles. The molecular weight excluding hydrogens is 356 g/mol. The Morgan fingerprint density at radius 1 is 1.37 bits per heavy atom. The maximum absolute atomic E-state index is 12.3. The molecule has 27 heavy (non-hydrogen) atoms. The predicted molar refractivity (Wildman–Crippen MR) is 108 cm³/mol. The molecule has 2 aromatic heterocycles. The lowest BCUT2D eigenvalue weighted by Crippen LogP contribution is -2.32. The number of rotatable bonds is 6. The number of thiophene rings is 1. The lowest BCUT2D eigenvalue weighted by atomic mass is 9.86. The first kappa shape index (κ1) is 17.7. The van der Waals surface area contributed by atoms with Crippen LogP contribution in [0.2, 0.25) is 0 Å². The fourth-order valence-corrected chi connectivity index (χ4v) is 4.58. The van der Waals surface area contributed by atoms with E-state index in [-0.39, 0.29) is 5.78 Å². The van der Waals surface area contributed by atoms with E-state index < -0.39 is 5.60 Å². The van der Waals surface area contributed by atoms with Gasteiger partial charge < -0.3 is 9.72 Å². The van der Waals surface area contributed by atoms with Crippen molar-refractivity contribution in [2.24, 2.45) is 0 Å². The van der Waals surface area contributed by atoms with Crippen molar-refractivity contribution in [3.8, 4) is 5.75 Å². The zero-order chi connectivity index (χ0) is 18.9. The zero-order valence-electron chi connectivity index (χ0n) is 15.3. The van der Waals surface area contributed by atoms with E-state index in [1.807, 2.05) is 36.6 Å². The van der Waals surface area contributed by atoms with E-state index in [4.69, 9.17) is 4.74 Å². The maximum atomic E-state index is 12.3. The highest BCUT2D eigenvalue weighted by Crippen LogP contribution is 2.39. The number of aromatic nitrogens is 2. The van der Waals surface area contributed by atoms with Gasteiger partial charge in [-0.25, -0.2) is 4.98 Å². The Balaban J connectivity index is 1.83. The Kier molecular flexibility index (Phi) is 4.70. The van der Waals surface area contributed by atoms with Crippen LogP contribution in [0.3, 0.4) is 0 Å². The average molecular weight is 378 g/mol. The lowest BCUT2D eigenvalue weighted by Gasteiger charge is -2.30. The second kappa shape index (κ2) is 7.16. The molecule has 1 aliphatic rings. The second-order valence-electron chi connectivity index (χ2n) is 6.89. The van der Waals surface area contributed by atoms with E-state index in [9.17, 15) is 4.79 Å².